The molecule has 5 nitrogen and oxygen atoms in total. The van der Waals surface area contributed by atoms with Crippen molar-refractivity contribution in [2.24, 2.45) is 0 Å². The molecule has 2 aromatic carbocycles. The zero-order chi connectivity index (χ0) is 20.1. The quantitative estimate of drug-likeness (QED) is 0.841. The SMILES string of the molecule is CC(C)(C)OC(=O)NC1CCCN(c2cc(-c3ccccc3)ccc2C#N)C1. The van der Waals surface area contributed by atoms with Crippen LogP contribution in [0.4, 0.5) is 10.5 Å². The lowest BCUT2D eigenvalue weighted by Crippen LogP contribution is -2.49. The van der Waals surface area contributed by atoms with E-state index in [1.165, 1.54) is 0 Å². The van der Waals surface area contributed by atoms with Crippen molar-refractivity contribution in [3.63, 3.8) is 0 Å². The van der Waals surface area contributed by atoms with E-state index in [2.05, 4.69) is 34.5 Å². The maximum atomic E-state index is 12.1. The van der Waals surface area contributed by atoms with Gasteiger partial charge in [0.15, 0.2) is 0 Å². The monoisotopic (exact) mass is 377 g/mol. The summed E-state index contributed by atoms with van der Waals surface area (Å²) >= 11 is 0. The third-order valence-corrected chi connectivity index (χ3v) is 4.71. The van der Waals surface area contributed by atoms with Gasteiger partial charge >= 0.3 is 6.09 Å². The summed E-state index contributed by atoms with van der Waals surface area (Å²) in [5.41, 5.74) is 3.25. The van der Waals surface area contributed by atoms with E-state index in [0.717, 1.165) is 36.2 Å². The normalized spacial score (nSPS) is 16.9. The third-order valence-electron chi connectivity index (χ3n) is 4.71. The zero-order valence-corrected chi connectivity index (χ0v) is 16.7. The number of anilines is 1. The Bertz CT molecular complexity index is 866. The number of piperidine rings is 1. The second-order valence-corrected chi connectivity index (χ2v) is 8.14. The average molecular weight is 377 g/mol. The van der Waals surface area contributed by atoms with Crippen LogP contribution in [0, 0.1) is 11.3 Å². The summed E-state index contributed by atoms with van der Waals surface area (Å²) in [5, 5.41) is 12.6. The van der Waals surface area contributed by atoms with Crippen molar-refractivity contribution in [1.29, 1.82) is 5.26 Å². The Morgan fingerprint density at radius 1 is 1.18 bits per heavy atom. The molecule has 1 saturated heterocycles. The van der Waals surface area contributed by atoms with Gasteiger partial charge in [0, 0.05) is 19.1 Å². The van der Waals surface area contributed by atoms with Crippen LogP contribution < -0.4 is 10.2 Å². The molecule has 5 heteroatoms. The van der Waals surface area contributed by atoms with Gasteiger partial charge in [-0.3, -0.25) is 0 Å². The van der Waals surface area contributed by atoms with E-state index in [1.807, 2.05) is 51.1 Å². The number of nitriles is 1. The van der Waals surface area contributed by atoms with E-state index in [4.69, 9.17) is 4.74 Å². The molecule has 2 aromatic rings. The number of carbonyl (C=O) groups is 1. The molecule has 3 rings (SSSR count). The highest BCUT2D eigenvalue weighted by atomic mass is 16.6. The van der Waals surface area contributed by atoms with Gasteiger partial charge in [-0.15, -0.1) is 0 Å². The van der Waals surface area contributed by atoms with Crippen LogP contribution in [0.3, 0.4) is 0 Å². The number of hydrogen-bond acceptors (Lipinski definition) is 4. The maximum absolute atomic E-state index is 12.1. The molecule has 0 aromatic heterocycles. The van der Waals surface area contributed by atoms with Crippen molar-refractivity contribution in [2.75, 3.05) is 18.0 Å². The van der Waals surface area contributed by atoms with Gasteiger partial charge in [-0.2, -0.15) is 5.26 Å². The minimum atomic E-state index is -0.517. The largest absolute Gasteiger partial charge is 0.444 e. The van der Waals surface area contributed by atoms with Gasteiger partial charge in [0.05, 0.1) is 11.3 Å². The zero-order valence-electron chi connectivity index (χ0n) is 16.7. The Morgan fingerprint density at radius 3 is 2.61 bits per heavy atom. The molecule has 0 saturated carbocycles. The smallest absolute Gasteiger partial charge is 0.407 e. The second kappa shape index (κ2) is 8.35. The molecular weight excluding hydrogens is 350 g/mol. The van der Waals surface area contributed by atoms with Gasteiger partial charge in [0.25, 0.3) is 0 Å². The molecule has 0 spiro atoms. The Hall–Kier alpha value is -3.00. The summed E-state index contributed by atoms with van der Waals surface area (Å²) in [7, 11) is 0. The van der Waals surface area contributed by atoms with Crippen LogP contribution in [-0.2, 0) is 4.74 Å². The minimum absolute atomic E-state index is 0.00414. The topological polar surface area (TPSA) is 65.4 Å². The number of nitrogens with one attached hydrogen (secondary N) is 1. The molecule has 0 aliphatic carbocycles. The van der Waals surface area contributed by atoms with E-state index in [1.54, 1.807) is 0 Å². The van der Waals surface area contributed by atoms with Crippen molar-refractivity contribution < 1.29 is 9.53 Å². The van der Waals surface area contributed by atoms with Gasteiger partial charge in [-0.05, 0) is 56.9 Å². The summed E-state index contributed by atoms with van der Waals surface area (Å²) in [6.45, 7) is 7.08. The van der Waals surface area contributed by atoms with E-state index in [-0.39, 0.29) is 6.04 Å². The molecule has 1 aliphatic rings. The molecule has 1 fully saturated rings. The van der Waals surface area contributed by atoms with Gasteiger partial charge < -0.3 is 15.0 Å². The fourth-order valence-electron chi connectivity index (χ4n) is 3.49. The van der Waals surface area contributed by atoms with Gasteiger partial charge in [-0.25, -0.2) is 4.79 Å². The summed E-state index contributed by atoms with van der Waals surface area (Å²) in [4.78, 5) is 14.3. The number of carbonyl (C=O) groups excluding carboxylic acids is 1. The first kappa shape index (κ1) is 19.8. The molecule has 28 heavy (non-hydrogen) atoms. The molecule has 1 amide bonds. The maximum Gasteiger partial charge on any atom is 0.407 e. The Balaban J connectivity index is 1.78. The number of hydrogen-bond donors (Lipinski definition) is 1. The molecule has 1 atom stereocenters. The molecule has 146 valence electrons. The molecule has 0 bridgehead atoms. The molecule has 1 aliphatic heterocycles. The second-order valence-electron chi connectivity index (χ2n) is 8.14. The summed E-state index contributed by atoms with van der Waals surface area (Å²) in [5.74, 6) is 0. The predicted molar refractivity (Wildman–Crippen MR) is 111 cm³/mol. The summed E-state index contributed by atoms with van der Waals surface area (Å²) in [6, 6.07) is 18.4. The fourth-order valence-corrected chi connectivity index (χ4v) is 3.49. The lowest BCUT2D eigenvalue weighted by Gasteiger charge is -2.35. The van der Waals surface area contributed by atoms with Crippen LogP contribution in [0.1, 0.15) is 39.2 Å². The van der Waals surface area contributed by atoms with Gasteiger partial charge in [0.2, 0.25) is 0 Å². The number of alkyl carbamates (subject to hydrolysis) is 1. The first-order chi connectivity index (χ1) is 13.4. The van der Waals surface area contributed by atoms with Crippen molar-refractivity contribution in [3.05, 3.63) is 54.1 Å². The highest BCUT2D eigenvalue weighted by Gasteiger charge is 2.25. The summed E-state index contributed by atoms with van der Waals surface area (Å²) in [6.07, 6.45) is 1.45. The number of nitrogens with zero attached hydrogens (tertiary/aromatic N) is 2. The van der Waals surface area contributed by atoms with Crippen LogP contribution in [0.25, 0.3) is 11.1 Å². The minimum Gasteiger partial charge on any atom is -0.444 e. The highest BCUT2D eigenvalue weighted by molar-refractivity contribution is 5.73. The Morgan fingerprint density at radius 2 is 1.93 bits per heavy atom. The van der Waals surface area contributed by atoms with Gasteiger partial charge in [0.1, 0.15) is 11.7 Å². The van der Waals surface area contributed by atoms with E-state index < -0.39 is 11.7 Å². The number of amides is 1. The van der Waals surface area contributed by atoms with Crippen molar-refractivity contribution in [2.45, 2.75) is 45.3 Å². The molecule has 1 unspecified atom stereocenters. The Kier molecular flexibility index (Phi) is 5.89. The molecule has 1 N–H and O–H groups in total. The highest BCUT2D eigenvalue weighted by Crippen LogP contribution is 2.30. The van der Waals surface area contributed by atoms with Crippen LogP contribution in [0.5, 0.6) is 0 Å². The fraction of sp³-hybridized carbons (Fsp3) is 0.391. The summed E-state index contributed by atoms with van der Waals surface area (Å²) < 4.78 is 5.38. The van der Waals surface area contributed by atoms with Crippen LogP contribution in [0.2, 0.25) is 0 Å². The first-order valence-electron chi connectivity index (χ1n) is 9.70. The van der Waals surface area contributed by atoms with E-state index >= 15 is 0 Å². The first-order valence-corrected chi connectivity index (χ1v) is 9.70. The average Bonchev–Trinajstić information content (AvgIpc) is 2.67. The van der Waals surface area contributed by atoms with Crippen molar-refractivity contribution >= 4 is 11.8 Å². The Labute approximate surface area is 166 Å². The van der Waals surface area contributed by atoms with E-state index in [9.17, 15) is 10.1 Å². The third kappa shape index (κ3) is 5.04. The lowest BCUT2D eigenvalue weighted by molar-refractivity contribution is 0.0500. The van der Waals surface area contributed by atoms with Crippen LogP contribution in [-0.4, -0.2) is 30.8 Å². The standard InChI is InChI=1S/C23H27N3O2/c1-23(2,3)28-22(27)25-20-10-7-13-26(16-20)21-14-18(11-12-19(21)15-24)17-8-5-4-6-9-17/h4-6,8-9,11-12,14,20H,7,10,13,16H2,1-3H3,(H,25,27). The molecular formula is C23H27N3O2. The number of benzene rings is 2. The predicted octanol–water partition coefficient (Wildman–Crippen LogP) is 4.72. The lowest BCUT2D eigenvalue weighted by atomic mass is 9.99. The number of ether oxygens (including phenoxy) is 1. The molecule has 0 radical (unpaired) electrons. The van der Waals surface area contributed by atoms with E-state index in [0.29, 0.717) is 12.1 Å². The van der Waals surface area contributed by atoms with Gasteiger partial charge in [-0.1, -0.05) is 36.4 Å². The van der Waals surface area contributed by atoms with Crippen molar-refractivity contribution in [1.82, 2.24) is 5.32 Å². The number of rotatable bonds is 3. The molecule has 1 heterocycles. The van der Waals surface area contributed by atoms with Crippen LogP contribution >= 0.6 is 0 Å². The van der Waals surface area contributed by atoms with Crippen molar-refractivity contribution in [3.8, 4) is 17.2 Å². The van der Waals surface area contributed by atoms with Crippen LogP contribution in [0.15, 0.2) is 48.5 Å².